The average molecular weight is 497 g/mol. The number of hydrogen-bond acceptors (Lipinski definition) is 6. The number of pyridine rings is 1. The van der Waals surface area contributed by atoms with Gasteiger partial charge in [-0.25, -0.2) is 9.67 Å². The molecule has 0 saturated heterocycles. The SMILES string of the molecule is CC(C)n1ncc2c(C(=O)NNC(=O)c3c[nH]c4ccccc34)cc(-c3ccc4c(c3)OCCO4)nc21. The first-order valence-corrected chi connectivity index (χ1v) is 11.9. The van der Waals surface area contributed by atoms with E-state index in [9.17, 15) is 9.59 Å². The summed E-state index contributed by atoms with van der Waals surface area (Å²) in [6.45, 7) is 4.95. The molecular formula is C27H24N6O4. The highest BCUT2D eigenvalue weighted by Crippen LogP contribution is 2.35. The highest BCUT2D eigenvalue weighted by Gasteiger charge is 2.21. The van der Waals surface area contributed by atoms with E-state index in [1.807, 2.05) is 56.3 Å². The quantitative estimate of drug-likeness (QED) is 0.323. The summed E-state index contributed by atoms with van der Waals surface area (Å²) in [5.74, 6) is 0.380. The fourth-order valence-electron chi connectivity index (χ4n) is 4.44. The molecule has 5 aromatic rings. The van der Waals surface area contributed by atoms with Crippen molar-refractivity contribution in [2.45, 2.75) is 19.9 Å². The number of carbonyl (C=O) groups is 2. The van der Waals surface area contributed by atoms with E-state index in [2.05, 4.69) is 20.9 Å². The maximum absolute atomic E-state index is 13.3. The number of para-hydroxylation sites is 1. The van der Waals surface area contributed by atoms with Crippen LogP contribution in [0.2, 0.25) is 0 Å². The lowest BCUT2D eigenvalue weighted by Gasteiger charge is -2.19. The minimum atomic E-state index is -0.484. The molecule has 0 unspecified atom stereocenters. The third-order valence-electron chi connectivity index (χ3n) is 6.26. The minimum Gasteiger partial charge on any atom is -0.486 e. The van der Waals surface area contributed by atoms with Crippen LogP contribution >= 0.6 is 0 Å². The number of ether oxygens (including phenoxy) is 2. The second-order valence-corrected chi connectivity index (χ2v) is 8.99. The van der Waals surface area contributed by atoms with Gasteiger partial charge in [0.15, 0.2) is 17.1 Å². The van der Waals surface area contributed by atoms with Crippen LogP contribution in [-0.4, -0.2) is 44.8 Å². The molecule has 0 fully saturated rings. The molecule has 10 heteroatoms. The van der Waals surface area contributed by atoms with Crippen LogP contribution in [0.5, 0.6) is 11.5 Å². The first kappa shape index (κ1) is 22.6. The highest BCUT2D eigenvalue weighted by atomic mass is 16.6. The molecule has 1 aliphatic rings. The van der Waals surface area contributed by atoms with Gasteiger partial charge >= 0.3 is 0 Å². The molecule has 0 aliphatic carbocycles. The first-order valence-electron chi connectivity index (χ1n) is 11.9. The Balaban J connectivity index is 1.34. The monoisotopic (exact) mass is 496 g/mol. The van der Waals surface area contributed by atoms with Gasteiger partial charge in [-0.3, -0.25) is 20.4 Å². The fraction of sp³-hybridized carbons (Fsp3) is 0.185. The summed E-state index contributed by atoms with van der Waals surface area (Å²) in [5.41, 5.74) is 8.57. The second kappa shape index (κ2) is 8.98. The lowest BCUT2D eigenvalue weighted by Crippen LogP contribution is -2.41. The molecule has 6 rings (SSSR count). The Labute approximate surface area is 211 Å². The van der Waals surface area contributed by atoms with Gasteiger partial charge in [-0.05, 0) is 44.2 Å². The van der Waals surface area contributed by atoms with Crippen molar-refractivity contribution in [3.05, 3.63) is 72.1 Å². The molecule has 4 heterocycles. The molecule has 186 valence electrons. The van der Waals surface area contributed by atoms with Gasteiger partial charge in [-0.1, -0.05) is 18.2 Å². The number of aromatic amines is 1. The van der Waals surface area contributed by atoms with E-state index in [0.29, 0.717) is 52.6 Å². The standard InChI is InChI=1S/C27H24N6O4/c1-15(2)33-25-19(14-29-33)18(12-22(30-25)16-7-8-23-24(11-16)37-10-9-36-23)26(34)31-32-27(35)20-13-28-21-6-4-3-5-17(20)21/h3-8,11-15,28H,9-10H2,1-2H3,(H,31,34)(H,32,35). The molecule has 0 spiro atoms. The Kier molecular flexibility index (Phi) is 5.48. The van der Waals surface area contributed by atoms with Crippen molar-refractivity contribution >= 4 is 33.8 Å². The van der Waals surface area contributed by atoms with Crippen LogP contribution in [0.1, 0.15) is 40.6 Å². The first-order chi connectivity index (χ1) is 18.0. The largest absolute Gasteiger partial charge is 0.486 e. The van der Waals surface area contributed by atoms with Gasteiger partial charge in [-0.2, -0.15) is 5.10 Å². The van der Waals surface area contributed by atoms with Crippen molar-refractivity contribution in [2.75, 3.05) is 13.2 Å². The smallest absolute Gasteiger partial charge is 0.271 e. The fourth-order valence-corrected chi connectivity index (χ4v) is 4.44. The van der Waals surface area contributed by atoms with E-state index in [0.717, 1.165) is 16.5 Å². The van der Waals surface area contributed by atoms with Crippen LogP contribution < -0.4 is 20.3 Å². The molecule has 1 aliphatic heterocycles. The summed E-state index contributed by atoms with van der Waals surface area (Å²) >= 11 is 0. The summed E-state index contributed by atoms with van der Waals surface area (Å²) in [6.07, 6.45) is 3.23. The van der Waals surface area contributed by atoms with Gasteiger partial charge in [0.1, 0.15) is 13.2 Å². The van der Waals surface area contributed by atoms with E-state index >= 15 is 0 Å². The second-order valence-electron chi connectivity index (χ2n) is 8.99. The molecule has 0 saturated carbocycles. The van der Waals surface area contributed by atoms with Gasteiger partial charge in [0, 0.05) is 28.7 Å². The average Bonchev–Trinajstić information content (AvgIpc) is 3.55. The molecule has 3 N–H and O–H groups in total. The summed E-state index contributed by atoms with van der Waals surface area (Å²) in [4.78, 5) is 34.1. The van der Waals surface area contributed by atoms with Gasteiger partial charge in [0.2, 0.25) is 0 Å². The Morgan fingerprint density at radius 2 is 1.70 bits per heavy atom. The molecule has 2 amide bonds. The highest BCUT2D eigenvalue weighted by molar-refractivity contribution is 6.10. The molecule has 0 bridgehead atoms. The van der Waals surface area contributed by atoms with E-state index in [1.165, 1.54) is 0 Å². The summed E-state index contributed by atoms with van der Waals surface area (Å²) in [7, 11) is 0. The Morgan fingerprint density at radius 3 is 2.51 bits per heavy atom. The Morgan fingerprint density at radius 1 is 0.946 bits per heavy atom. The predicted octanol–water partition coefficient (Wildman–Crippen LogP) is 4.01. The number of nitrogens with one attached hydrogen (secondary N) is 3. The van der Waals surface area contributed by atoms with Crippen LogP contribution in [0.25, 0.3) is 33.2 Å². The van der Waals surface area contributed by atoms with E-state index < -0.39 is 11.8 Å². The lowest BCUT2D eigenvalue weighted by atomic mass is 10.1. The van der Waals surface area contributed by atoms with E-state index in [1.54, 1.807) is 23.1 Å². The van der Waals surface area contributed by atoms with E-state index in [-0.39, 0.29) is 6.04 Å². The van der Waals surface area contributed by atoms with Crippen LogP contribution in [0.15, 0.2) is 60.9 Å². The van der Waals surface area contributed by atoms with Crippen LogP contribution in [-0.2, 0) is 0 Å². The number of amides is 2. The van der Waals surface area contributed by atoms with Crippen molar-refractivity contribution < 1.29 is 19.1 Å². The number of benzene rings is 2. The minimum absolute atomic E-state index is 0.0259. The van der Waals surface area contributed by atoms with Crippen molar-refractivity contribution in [2.24, 2.45) is 0 Å². The zero-order chi connectivity index (χ0) is 25.5. The van der Waals surface area contributed by atoms with Crippen molar-refractivity contribution in [3.63, 3.8) is 0 Å². The van der Waals surface area contributed by atoms with E-state index in [4.69, 9.17) is 14.5 Å². The summed E-state index contributed by atoms with van der Waals surface area (Å²) < 4.78 is 13.1. The van der Waals surface area contributed by atoms with Crippen LogP contribution in [0.3, 0.4) is 0 Å². The summed E-state index contributed by atoms with van der Waals surface area (Å²) in [6, 6.07) is 14.7. The molecular weight excluding hydrogens is 472 g/mol. The maximum Gasteiger partial charge on any atom is 0.271 e. The topological polar surface area (TPSA) is 123 Å². The van der Waals surface area contributed by atoms with Crippen LogP contribution in [0.4, 0.5) is 0 Å². The van der Waals surface area contributed by atoms with Gasteiger partial charge in [0.25, 0.3) is 11.8 Å². The number of H-pyrrole nitrogens is 1. The normalized spacial score (nSPS) is 12.7. The zero-order valence-corrected chi connectivity index (χ0v) is 20.2. The molecule has 3 aromatic heterocycles. The molecule has 10 nitrogen and oxygen atoms in total. The zero-order valence-electron chi connectivity index (χ0n) is 20.2. The Bertz CT molecular complexity index is 1670. The van der Waals surface area contributed by atoms with Crippen molar-refractivity contribution in [1.82, 2.24) is 30.6 Å². The molecule has 0 atom stereocenters. The number of aromatic nitrogens is 4. The number of fused-ring (bicyclic) bond motifs is 3. The number of carbonyl (C=O) groups excluding carboxylic acids is 2. The molecule has 0 radical (unpaired) electrons. The van der Waals surface area contributed by atoms with Gasteiger partial charge < -0.3 is 14.5 Å². The molecule has 2 aromatic carbocycles. The predicted molar refractivity (Wildman–Crippen MR) is 138 cm³/mol. The van der Waals surface area contributed by atoms with Crippen molar-refractivity contribution in [3.8, 4) is 22.8 Å². The molecule has 37 heavy (non-hydrogen) atoms. The van der Waals surface area contributed by atoms with Gasteiger partial charge in [0.05, 0.1) is 28.4 Å². The van der Waals surface area contributed by atoms with Gasteiger partial charge in [-0.15, -0.1) is 0 Å². The third-order valence-corrected chi connectivity index (χ3v) is 6.26. The van der Waals surface area contributed by atoms with Crippen molar-refractivity contribution in [1.29, 1.82) is 0 Å². The Hall–Kier alpha value is -4.86. The maximum atomic E-state index is 13.3. The number of nitrogens with zero attached hydrogens (tertiary/aromatic N) is 3. The number of hydrogen-bond donors (Lipinski definition) is 3. The number of rotatable bonds is 4. The number of hydrazine groups is 1. The summed E-state index contributed by atoms with van der Waals surface area (Å²) in [5, 5.41) is 5.79. The van der Waals surface area contributed by atoms with Crippen LogP contribution in [0, 0.1) is 0 Å². The lowest BCUT2D eigenvalue weighted by molar-refractivity contribution is 0.0848. The third kappa shape index (κ3) is 4.02.